The van der Waals surface area contributed by atoms with E-state index in [1.807, 2.05) is 89.2 Å². The molecule has 5 aromatic rings. The molecule has 1 aromatic heterocycles. The number of aromatic nitrogens is 2. The molecular formula is C46H57B11ClN4O4. The van der Waals surface area contributed by atoms with Crippen LogP contribution in [0, 0.1) is 25.2 Å². The molecule has 20 heteroatoms. The van der Waals surface area contributed by atoms with Crippen molar-refractivity contribution in [2.24, 2.45) is 5.16 Å². The average Bonchev–Trinajstić information content (AvgIpc) is 3.69. The molecule has 0 aliphatic heterocycles. The van der Waals surface area contributed by atoms with E-state index < -0.39 is 19.2 Å². The van der Waals surface area contributed by atoms with E-state index in [1.165, 1.54) is 7.06 Å². The van der Waals surface area contributed by atoms with Crippen LogP contribution in [0.5, 0.6) is 11.5 Å². The van der Waals surface area contributed by atoms with Gasteiger partial charge in [-0.05, 0) is 69.9 Å². The van der Waals surface area contributed by atoms with Gasteiger partial charge in [-0.15, -0.1) is 0 Å². The second-order valence-electron chi connectivity index (χ2n) is 20.4. The second kappa shape index (κ2) is 24.0. The Morgan fingerprint density at radius 3 is 1.58 bits per heavy atom. The number of hydrogen-bond donors (Lipinski definition) is 3. The van der Waals surface area contributed by atoms with Crippen LogP contribution in [0.2, 0.25) is 0 Å². The van der Waals surface area contributed by atoms with Crippen molar-refractivity contribution in [3.63, 3.8) is 0 Å². The third-order valence-corrected chi connectivity index (χ3v) is 11.0. The molecule has 0 saturated heterocycles. The summed E-state index contributed by atoms with van der Waals surface area (Å²) >= 11 is 5.60. The van der Waals surface area contributed by atoms with Crippen LogP contribution in [0.1, 0.15) is 128 Å². The van der Waals surface area contributed by atoms with E-state index in [1.54, 1.807) is 12.1 Å². The zero-order chi connectivity index (χ0) is 50.7. The summed E-state index contributed by atoms with van der Waals surface area (Å²) in [5, 5.41) is 45.7. The molecule has 4 aromatic carbocycles. The number of nitrogens with zero attached hydrogens (tertiary/aromatic N) is 4. The maximum Gasteiger partial charge on any atom is 0.262 e. The summed E-state index contributed by atoms with van der Waals surface area (Å²) in [6, 6.07) is 25.3. The fourth-order valence-corrected chi connectivity index (χ4v) is 6.76. The number of hydrogen-bond acceptors (Lipinski definition) is 8. The van der Waals surface area contributed by atoms with Gasteiger partial charge in [-0.1, -0.05) is 166 Å². The van der Waals surface area contributed by atoms with Crippen molar-refractivity contribution in [2.75, 3.05) is 0 Å². The summed E-state index contributed by atoms with van der Waals surface area (Å²) < 4.78 is 5.56. The SMILES string of the molecule is CC(C)(C)c1cc(C#N)c(O)c(C(C)(C)C)c1.Cc1ccccc1-c1noc(-c2cc(C(C)(C)C)cc(C(C)(C)C)c2O)n1.Cc1ccccc1/C(Cl)=N/O.[B][B]B([B])B(B([B])[B])B([B])[B]. The first-order valence-corrected chi connectivity index (χ1v) is 22.0. The van der Waals surface area contributed by atoms with E-state index in [4.69, 9.17) is 73.0 Å². The Labute approximate surface area is 410 Å². The van der Waals surface area contributed by atoms with Crippen molar-refractivity contribution >= 4 is 95.8 Å². The predicted octanol–water partition coefficient (Wildman–Crippen LogP) is 8.05. The molecular weight excluding hydrogens is 827 g/mol. The lowest BCUT2D eigenvalue weighted by Gasteiger charge is -2.26. The molecule has 8 nitrogen and oxygen atoms in total. The normalized spacial score (nSPS) is 11.6. The van der Waals surface area contributed by atoms with Crippen molar-refractivity contribution in [3.8, 4) is 40.4 Å². The molecule has 0 aliphatic rings. The number of phenols is 2. The van der Waals surface area contributed by atoms with Gasteiger partial charge < -0.3 is 19.9 Å². The number of rotatable bonds is 7. The first-order valence-electron chi connectivity index (χ1n) is 21.6. The molecule has 0 spiro atoms. The quantitative estimate of drug-likeness (QED) is 0.0652. The number of aryl methyl sites for hydroxylation is 2. The van der Waals surface area contributed by atoms with Crippen LogP contribution in [0.25, 0.3) is 22.8 Å². The Balaban J connectivity index is 0.000000329. The monoisotopic (exact) mass is 886 g/mol. The zero-order valence-corrected chi connectivity index (χ0v) is 42.0. The lowest BCUT2D eigenvalue weighted by molar-refractivity contribution is 0.321. The topological polar surface area (TPSA) is 136 Å². The molecule has 1 heterocycles. The highest BCUT2D eigenvalue weighted by molar-refractivity contribution is 8.02. The summed E-state index contributed by atoms with van der Waals surface area (Å²) in [5.74, 6) is 1.19. The number of halogens is 1. The molecule has 0 unspecified atom stereocenters. The highest BCUT2D eigenvalue weighted by Gasteiger charge is 2.29. The Hall–Kier alpha value is -4.42. The highest BCUT2D eigenvalue weighted by Crippen LogP contribution is 2.42. The molecule has 5 rings (SSSR count). The predicted molar refractivity (Wildman–Crippen MR) is 288 cm³/mol. The summed E-state index contributed by atoms with van der Waals surface area (Å²) in [5.41, 5.74) is 8.14. The largest absolute Gasteiger partial charge is 0.507 e. The summed E-state index contributed by atoms with van der Waals surface area (Å²) in [4.78, 5) is 4.58. The molecule has 0 aliphatic carbocycles. The van der Waals surface area contributed by atoms with Crippen molar-refractivity contribution in [3.05, 3.63) is 117 Å². The van der Waals surface area contributed by atoms with Crippen LogP contribution >= 0.6 is 11.6 Å². The average molecular weight is 884 g/mol. The molecule has 0 atom stereocenters. The molecule has 13 radical (unpaired) electrons. The highest BCUT2D eigenvalue weighted by atomic mass is 35.5. The van der Waals surface area contributed by atoms with Crippen LogP contribution in [-0.2, 0) is 21.7 Å². The van der Waals surface area contributed by atoms with Gasteiger partial charge in [0.2, 0.25) is 5.82 Å². The van der Waals surface area contributed by atoms with Gasteiger partial charge in [-0.25, -0.2) is 0 Å². The minimum atomic E-state index is -0.648. The van der Waals surface area contributed by atoms with Crippen LogP contribution in [-0.4, -0.2) is 110 Å². The molecule has 0 bridgehead atoms. The molecule has 3 N–H and O–H groups in total. The first kappa shape index (κ1) is 57.7. The lowest BCUT2D eigenvalue weighted by atomic mass is 8.56. The second-order valence-corrected chi connectivity index (χ2v) is 20.8. The fourth-order valence-electron chi connectivity index (χ4n) is 6.55. The van der Waals surface area contributed by atoms with E-state index >= 15 is 0 Å². The van der Waals surface area contributed by atoms with E-state index in [9.17, 15) is 10.2 Å². The van der Waals surface area contributed by atoms with Crippen molar-refractivity contribution in [1.29, 1.82) is 5.26 Å². The van der Waals surface area contributed by atoms with Crippen LogP contribution in [0.15, 0.2) is 82.5 Å². The minimum Gasteiger partial charge on any atom is -0.507 e. The Kier molecular flexibility index (Phi) is 21.0. The number of benzene rings is 4. The summed E-state index contributed by atoms with van der Waals surface area (Å²) in [7, 11) is 33.5. The maximum atomic E-state index is 11.0. The van der Waals surface area contributed by atoms with Gasteiger partial charge in [-0.3, -0.25) is 0 Å². The molecule has 0 amide bonds. The minimum absolute atomic E-state index is 0.0285. The van der Waals surface area contributed by atoms with Gasteiger partial charge in [0.25, 0.3) is 5.89 Å². The fraction of sp³-hybridized carbons (Fsp3) is 0.391. The van der Waals surface area contributed by atoms with Crippen molar-refractivity contribution in [1.82, 2.24) is 10.1 Å². The van der Waals surface area contributed by atoms with Crippen molar-refractivity contribution < 1.29 is 19.9 Å². The third kappa shape index (κ3) is 16.1. The summed E-state index contributed by atoms with van der Waals surface area (Å²) in [6.45, 7) is 29.1. The maximum absolute atomic E-state index is 11.0. The molecule has 0 saturated carbocycles. The van der Waals surface area contributed by atoms with Crippen LogP contribution < -0.4 is 0 Å². The third-order valence-electron chi connectivity index (χ3n) is 10.7. The van der Waals surface area contributed by atoms with E-state index in [0.29, 0.717) is 22.8 Å². The Bertz CT molecular complexity index is 2440. The van der Waals surface area contributed by atoms with Gasteiger partial charge in [0, 0.05) is 101 Å². The number of nitriles is 1. The van der Waals surface area contributed by atoms with E-state index in [0.717, 1.165) is 44.5 Å². The molecule has 0 fully saturated rings. The van der Waals surface area contributed by atoms with Gasteiger partial charge in [0.1, 0.15) is 17.6 Å². The summed E-state index contributed by atoms with van der Waals surface area (Å²) in [6.07, 6.45) is -2.15. The van der Waals surface area contributed by atoms with Gasteiger partial charge in [0.15, 0.2) is 5.17 Å². The smallest absolute Gasteiger partial charge is 0.262 e. The van der Waals surface area contributed by atoms with Gasteiger partial charge >= 0.3 is 0 Å². The van der Waals surface area contributed by atoms with Crippen molar-refractivity contribution in [2.45, 2.75) is 119 Å². The van der Waals surface area contributed by atoms with Gasteiger partial charge in [0.05, 0.1) is 11.1 Å². The number of aromatic hydroxyl groups is 2. The zero-order valence-electron chi connectivity index (χ0n) is 41.2. The first-order chi connectivity index (χ1) is 30.3. The molecule has 66 heavy (non-hydrogen) atoms. The number of oxime groups is 1. The van der Waals surface area contributed by atoms with Gasteiger partial charge in [-0.2, -0.15) is 10.2 Å². The number of phenolic OH excluding ortho intramolecular Hbond substituents is 2. The van der Waals surface area contributed by atoms with Crippen LogP contribution in [0.4, 0.5) is 0 Å². The molecule has 325 valence electrons. The standard InChI is InChI=1S/C23H28N2O2.C15H21NO.C8H8ClNO.B11/c1-14-10-8-9-11-16(14)20-24-21(27-25-20)17-12-15(22(2,3)4)13-18(19(17)26)23(5,6)7;1-14(2,3)11-7-10(9-16)13(17)12(8-11)15(4,5)6;1-6-4-2-3-5-7(6)8(9)10-11;1-7-10(6)11(8(2)3)9(4)5/h8-13,26H,1-7H3;7-8,17H,1-6H3;2-5,11H,1H3;/b;;10-8-;. The van der Waals surface area contributed by atoms with E-state index in [2.05, 4.69) is 89.7 Å². The lowest BCUT2D eigenvalue weighted by Crippen LogP contribution is -2.63. The Morgan fingerprint density at radius 1 is 0.697 bits per heavy atom. The van der Waals surface area contributed by atoms with E-state index in [-0.39, 0.29) is 44.7 Å². The van der Waals surface area contributed by atoms with Crippen LogP contribution in [0.3, 0.4) is 0 Å². The Morgan fingerprint density at radius 2 is 1.17 bits per heavy atom.